The van der Waals surface area contributed by atoms with Crippen LogP contribution in [0.15, 0.2) is 36.4 Å². The summed E-state index contributed by atoms with van der Waals surface area (Å²) in [6.45, 7) is 0. The Bertz CT molecular complexity index is 84.9. The molecule has 0 aliphatic rings. The van der Waals surface area contributed by atoms with Gasteiger partial charge >= 0.3 is 19.5 Å². The first kappa shape index (κ1) is 22.4. The van der Waals surface area contributed by atoms with E-state index in [9.17, 15) is 0 Å². The van der Waals surface area contributed by atoms with Crippen molar-refractivity contribution in [1.82, 2.24) is 0 Å². The van der Waals surface area contributed by atoms with E-state index in [1.165, 1.54) is 0 Å². The third-order valence-corrected chi connectivity index (χ3v) is 0.667. The van der Waals surface area contributed by atoms with Gasteiger partial charge in [-0.15, -0.1) is 0 Å². The smallest absolute Gasteiger partial charge is 1.00 e. The van der Waals surface area contributed by atoms with E-state index >= 15 is 0 Å². The summed E-state index contributed by atoms with van der Waals surface area (Å²) >= 11 is 0. The predicted molar refractivity (Wildman–Crippen MR) is 26.4 cm³/mol. The van der Waals surface area contributed by atoms with E-state index in [4.69, 9.17) is 0 Å². The molecule has 0 nitrogen and oxygen atoms in total. The molecule has 1 aromatic carbocycles. The summed E-state index contributed by atoms with van der Waals surface area (Å²) in [5.41, 5.74) is 0. The summed E-state index contributed by atoms with van der Waals surface area (Å²) in [5.74, 6) is 0. The van der Waals surface area contributed by atoms with Crippen molar-refractivity contribution >= 4 is 0 Å². The van der Waals surface area contributed by atoms with Gasteiger partial charge in [0.2, 0.25) is 0 Å². The molecule has 0 saturated carbocycles. The van der Waals surface area contributed by atoms with E-state index in [0.29, 0.717) is 0 Å². The van der Waals surface area contributed by atoms with Gasteiger partial charge in [0, 0.05) is 0 Å². The summed E-state index contributed by atoms with van der Waals surface area (Å²) in [4.78, 5) is 0. The molecule has 60 valence electrons. The number of benzene rings is 1. The van der Waals surface area contributed by atoms with E-state index in [0.717, 1.165) is 0 Å². The van der Waals surface area contributed by atoms with Crippen molar-refractivity contribution in [2.24, 2.45) is 0 Å². The van der Waals surface area contributed by atoms with Gasteiger partial charge in [-0.25, -0.2) is 0 Å². The summed E-state index contributed by atoms with van der Waals surface area (Å²) in [6.07, 6.45) is 0. The minimum Gasteiger partial charge on any atom is -1.00 e. The van der Waals surface area contributed by atoms with Gasteiger partial charge in [0.05, 0.1) is 0 Å². The molecule has 0 unspecified atom stereocenters. The van der Waals surface area contributed by atoms with E-state index in [1.807, 2.05) is 36.4 Å². The van der Waals surface area contributed by atoms with Crippen molar-refractivity contribution in [2.45, 2.75) is 0 Å². The molecule has 1 rings (SSSR count). The maximum absolute atomic E-state index is 2.00. The molecule has 1 aromatic rings. The Morgan fingerprint density at radius 1 is 0.400 bits per heavy atom. The van der Waals surface area contributed by atoms with Crippen molar-refractivity contribution in [3.05, 3.63) is 36.4 Å². The number of halogens is 3. The minimum absolute atomic E-state index is 0. The predicted octanol–water partition coefficient (Wildman–Crippen LogP) is -7.30. The van der Waals surface area contributed by atoms with Crippen molar-refractivity contribution in [2.75, 3.05) is 0 Å². The van der Waals surface area contributed by atoms with Gasteiger partial charge in [0.15, 0.2) is 0 Å². The van der Waals surface area contributed by atoms with E-state index in [-0.39, 0.29) is 56.7 Å². The summed E-state index contributed by atoms with van der Waals surface area (Å²) in [5, 5.41) is 0. The second kappa shape index (κ2) is 16.4. The average Bonchev–Trinajstić information content (AvgIpc) is 1.72. The Hall–Kier alpha value is 0.713. The van der Waals surface area contributed by atoms with Crippen LogP contribution < -0.4 is 37.2 Å². The Labute approximate surface area is 92.8 Å². The van der Waals surface area contributed by atoms with Crippen LogP contribution in [0.25, 0.3) is 0 Å². The molecule has 0 radical (unpaired) electrons. The van der Waals surface area contributed by atoms with Crippen LogP contribution in [-0.4, -0.2) is 0 Å². The van der Waals surface area contributed by atoms with Crippen molar-refractivity contribution in [3.8, 4) is 0 Å². The summed E-state index contributed by atoms with van der Waals surface area (Å²) in [7, 11) is 0. The molecule has 0 aromatic heterocycles. The third-order valence-electron chi connectivity index (χ3n) is 0.667. The molecule has 10 heavy (non-hydrogen) atoms. The molecule has 0 aliphatic carbocycles. The Morgan fingerprint density at radius 3 is 0.600 bits per heavy atom. The van der Waals surface area contributed by atoms with Crippen molar-refractivity contribution in [3.63, 3.8) is 0 Å². The number of rotatable bonds is 0. The molecule has 0 heterocycles. The van der Waals surface area contributed by atoms with Crippen LogP contribution in [0, 0.1) is 0 Å². The molecule has 0 saturated heterocycles. The molecule has 0 aliphatic heterocycles. The van der Waals surface area contributed by atoms with Crippen LogP contribution in [0.4, 0.5) is 0 Å². The number of hydrogen-bond donors (Lipinski definition) is 0. The van der Waals surface area contributed by atoms with Crippen molar-refractivity contribution in [1.29, 1.82) is 0 Å². The van der Waals surface area contributed by atoms with Crippen LogP contribution in [-0.2, 0) is 19.5 Å². The fourth-order valence-electron chi connectivity index (χ4n) is 0.385. The first-order valence-electron chi connectivity index (χ1n) is 2.00. The second-order valence-corrected chi connectivity index (χ2v) is 1.15. The van der Waals surface area contributed by atoms with E-state index < -0.39 is 0 Å². The summed E-state index contributed by atoms with van der Waals surface area (Å²) < 4.78 is 0. The molecule has 0 amide bonds. The zero-order chi connectivity index (χ0) is 4.24. The maximum Gasteiger partial charge on any atom is 3.00 e. The van der Waals surface area contributed by atoms with Gasteiger partial charge in [0.1, 0.15) is 0 Å². The zero-order valence-electron chi connectivity index (χ0n) is 4.93. The fraction of sp³-hybridized carbons (Fsp3) is 0. The monoisotopic (exact) mass is 286 g/mol. The van der Waals surface area contributed by atoms with Crippen LogP contribution in [0.3, 0.4) is 0 Å². The van der Waals surface area contributed by atoms with Gasteiger partial charge in [-0.1, -0.05) is 36.4 Å². The molecule has 0 N–H and O–H groups in total. The molecule has 4 heteroatoms. The van der Waals surface area contributed by atoms with Crippen LogP contribution in [0.1, 0.15) is 0 Å². The Morgan fingerprint density at radius 2 is 0.500 bits per heavy atom. The minimum atomic E-state index is 0. The molecule has 0 atom stereocenters. The van der Waals surface area contributed by atoms with E-state index in [2.05, 4.69) is 0 Å². The maximum atomic E-state index is 2.00. The fourth-order valence-corrected chi connectivity index (χ4v) is 0.385. The average molecular weight is 287 g/mol. The molecule has 0 spiro atoms. The molecule has 0 bridgehead atoms. The molecular weight excluding hydrogens is 281 g/mol. The normalized spacial score (nSPS) is 4.80. The quantitative estimate of drug-likeness (QED) is 0.416. The molecule has 0 fully saturated rings. The second-order valence-electron chi connectivity index (χ2n) is 1.15. The largest absolute Gasteiger partial charge is 3.00 e. The van der Waals surface area contributed by atoms with Gasteiger partial charge in [-0.05, 0) is 0 Å². The SMILES string of the molecule is [Cl-].[Cl-].[Cl-].[Rh+3].c1ccccc1. The third kappa shape index (κ3) is 11.5. The Balaban J connectivity index is -0.0000000450. The van der Waals surface area contributed by atoms with Gasteiger partial charge < -0.3 is 37.2 Å². The van der Waals surface area contributed by atoms with Crippen LogP contribution in [0.5, 0.6) is 0 Å². The first-order valence-corrected chi connectivity index (χ1v) is 2.00. The topological polar surface area (TPSA) is 0 Å². The first-order chi connectivity index (χ1) is 3.00. The molecular formula is C6H6Cl3Rh. The zero-order valence-corrected chi connectivity index (χ0v) is 8.84. The van der Waals surface area contributed by atoms with Gasteiger partial charge in [-0.3, -0.25) is 0 Å². The standard InChI is InChI=1S/C6H6.3ClH.Rh/c1-2-4-6-5-3-1;;;;/h1-6H;3*1H;/q;;;;+3/p-3. The van der Waals surface area contributed by atoms with Crippen LogP contribution in [0.2, 0.25) is 0 Å². The van der Waals surface area contributed by atoms with Gasteiger partial charge in [-0.2, -0.15) is 0 Å². The van der Waals surface area contributed by atoms with Crippen molar-refractivity contribution < 1.29 is 56.7 Å². The number of hydrogen-bond acceptors (Lipinski definition) is 0. The van der Waals surface area contributed by atoms with Crippen LogP contribution >= 0.6 is 0 Å². The van der Waals surface area contributed by atoms with E-state index in [1.54, 1.807) is 0 Å². The Kier molecular flexibility index (Phi) is 36.7. The summed E-state index contributed by atoms with van der Waals surface area (Å²) in [6, 6.07) is 12.0. The van der Waals surface area contributed by atoms with Gasteiger partial charge in [0.25, 0.3) is 0 Å².